The second kappa shape index (κ2) is 2.41. The highest BCUT2D eigenvalue weighted by molar-refractivity contribution is 5.30. The maximum absolute atomic E-state index is 13.0. The predicted octanol–water partition coefficient (Wildman–Crippen LogP) is 2.75. The standard InChI is InChI=1S/C9H11F/c1-6-4-5-7(2)9(10)8(6)3/h4-5H,1-3H3. The Morgan fingerprint density at radius 1 is 1.00 bits per heavy atom. The Hall–Kier alpha value is -0.850. The molecule has 0 atom stereocenters. The zero-order valence-electron chi connectivity index (χ0n) is 6.53. The minimum Gasteiger partial charge on any atom is -0.206 e. The number of aryl methyl sites for hydroxylation is 2. The molecule has 0 unspecified atom stereocenters. The molecule has 0 aliphatic carbocycles. The van der Waals surface area contributed by atoms with Crippen molar-refractivity contribution in [1.82, 2.24) is 0 Å². The molecule has 54 valence electrons. The third-order valence-electron chi connectivity index (χ3n) is 1.85. The molecule has 0 bridgehead atoms. The second-order valence-electron chi connectivity index (χ2n) is 2.64. The van der Waals surface area contributed by atoms with Crippen LogP contribution < -0.4 is 0 Å². The van der Waals surface area contributed by atoms with Crippen LogP contribution in [0.5, 0.6) is 0 Å². The normalized spacial score (nSPS) is 10.0. The van der Waals surface area contributed by atoms with E-state index >= 15 is 0 Å². The Balaban J connectivity index is 3.34. The van der Waals surface area contributed by atoms with Gasteiger partial charge in [-0.15, -0.1) is 0 Å². The smallest absolute Gasteiger partial charge is 0.129 e. The molecule has 0 amide bonds. The Morgan fingerprint density at radius 2 is 1.50 bits per heavy atom. The first-order valence-corrected chi connectivity index (χ1v) is 3.35. The van der Waals surface area contributed by atoms with E-state index in [2.05, 4.69) is 0 Å². The molecule has 0 N–H and O–H groups in total. The van der Waals surface area contributed by atoms with E-state index in [0.717, 1.165) is 16.7 Å². The topological polar surface area (TPSA) is 0 Å². The summed E-state index contributed by atoms with van der Waals surface area (Å²) in [6, 6.07) is 3.74. The third kappa shape index (κ3) is 1.04. The van der Waals surface area contributed by atoms with Crippen LogP contribution in [0.3, 0.4) is 0 Å². The van der Waals surface area contributed by atoms with Gasteiger partial charge in [0, 0.05) is 0 Å². The summed E-state index contributed by atoms with van der Waals surface area (Å²) < 4.78 is 13.0. The van der Waals surface area contributed by atoms with Crippen molar-refractivity contribution in [3.8, 4) is 0 Å². The average molecular weight is 138 g/mol. The molecule has 0 saturated carbocycles. The molecular weight excluding hydrogens is 127 g/mol. The van der Waals surface area contributed by atoms with Gasteiger partial charge in [-0.2, -0.15) is 0 Å². The SMILES string of the molecule is Cc1ccc(C)c(F)c1C. The van der Waals surface area contributed by atoms with E-state index in [9.17, 15) is 4.39 Å². The van der Waals surface area contributed by atoms with Crippen LogP contribution in [0.25, 0.3) is 0 Å². The quantitative estimate of drug-likeness (QED) is 0.517. The zero-order valence-corrected chi connectivity index (χ0v) is 6.53. The first kappa shape index (κ1) is 7.26. The molecule has 0 aliphatic heterocycles. The fourth-order valence-corrected chi connectivity index (χ4v) is 0.917. The molecule has 1 heteroatoms. The van der Waals surface area contributed by atoms with Gasteiger partial charge in [-0.3, -0.25) is 0 Å². The van der Waals surface area contributed by atoms with Gasteiger partial charge < -0.3 is 0 Å². The molecule has 0 heterocycles. The number of hydrogen-bond donors (Lipinski definition) is 0. The van der Waals surface area contributed by atoms with Gasteiger partial charge in [0.05, 0.1) is 0 Å². The Kier molecular flexibility index (Phi) is 1.75. The molecule has 0 aliphatic rings. The van der Waals surface area contributed by atoms with Gasteiger partial charge in [0.25, 0.3) is 0 Å². The lowest BCUT2D eigenvalue weighted by Gasteiger charge is -2.02. The predicted molar refractivity (Wildman–Crippen MR) is 40.6 cm³/mol. The molecule has 1 aromatic rings. The lowest BCUT2D eigenvalue weighted by Crippen LogP contribution is -1.89. The van der Waals surface area contributed by atoms with E-state index in [-0.39, 0.29) is 5.82 Å². The van der Waals surface area contributed by atoms with Crippen LogP contribution in [0.2, 0.25) is 0 Å². The van der Waals surface area contributed by atoms with Crippen molar-refractivity contribution in [1.29, 1.82) is 0 Å². The highest BCUT2D eigenvalue weighted by Gasteiger charge is 2.01. The molecule has 0 saturated heterocycles. The summed E-state index contributed by atoms with van der Waals surface area (Å²) in [4.78, 5) is 0. The second-order valence-corrected chi connectivity index (χ2v) is 2.64. The van der Waals surface area contributed by atoms with Crippen molar-refractivity contribution in [3.63, 3.8) is 0 Å². The molecule has 0 aromatic heterocycles. The Bertz CT molecular complexity index is 224. The van der Waals surface area contributed by atoms with Crippen molar-refractivity contribution < 1.29 is 4.39 Å². The molecule has 1 aromatic carbocycles. The number of rotatable bonds is 0. The maximum Gasteiger partial charge on any atom is 0.129 e. The van der Waals surface area contributed by atoms with Gasteiger partial charge in [-0.05, 0) is 37.5 Å². The monoisotopic (exact) mass is 138 g/mol. The van der Waals surface area contributed by atoms with Crippen molar-refractivity contribution in [2.75, 3.05) is 0 Å². The minimum atomic E-state index is -0.0694. The summed E-state index contributed by atoms with van der Waals surface area (Å²) in [5, 5.41) is 0. The lowest BCUT2D eigenvalue weighted by molar-refractivity contribution is 0.607. The van der Waals surface area contributed by atoms with Gasteiger partial charge in [0.2, 0.25) is 0 Å². The summed E-state index contributed by atoms with van der Waals surface area (Å²) >= 11 is 0. The summed E-state index contributed by atoms with van der Waals surface area (Å²) in [6.45, 7) is 5.50. The molecule has 0 fully saturated rings. The van der Waals surface area contributed by atoms with Crippen LogP contribution in [0.15, 0.2) is 12.1 Å². The van der Waals surface area contributed by atoms with E-state index in [4.69, 9.17) is 0 Å². The average Bonchev–Trinajstić information content (AvgIpc) is 1.93. The maximum atomic E-state index is 13.0. The van der Waals surface area contributed by atoms with Crippen molar-refractivity contribution in [2.24, 2.45) is 0 Å². The van der Waals surface area contributed by atoms with Gasteiger partial charge in [0.1, 0.15) is 5.82 Å². The molecule has 0 radical (unpaired) electrons. The first-order valence-electron chi connectivity index (χ1n) is 3.35. The third-order valence-corrected chi connectivity index (χ3v) is 1.85. The molecule has 0 spiro atoms. The van der Waals surface area contributed by atoms with Gasteiger partial charge in [0.15, 0.2) is 0 Å². The minimum absolute atomic E-state index is 0.0694. The van der Waals surface area contributed by atoms with Crippen LogP contribution >= 0.6 is 0 Å². The number of hydrogen-bond acceptors (Lipinski definition) is 0. The van der Waals surface area contributed by atoms with Crippen LogP contribution in [-0.4, -0.2) is 0 Å². The summed E-state index contributed by atoms with van der Waals surface area (Å²) in [5.41, 5.74) is 2.51. The highest BCUT2D eigenvalue weighted by atomic mass is 19.1. The highest BCUT2D eigenvalue weighted by Crippen LogP contribution is 2.14. The Morgan fingerprint density at radius 3 is 2.00 bits per heavy atom. The van der Waals surface area contributed by atoms with E-state index in [0.29, 0.717) is 0 Å². The van der Waals surface area contributed by atoms with E-state index in [1.807, 2.05) is 13.0 Å². The van der Waals surface area contributed by atoms with Gasteiger partial charge >= 0.3 is 0 Å². The van der Waals surface area contributed by atoms with Gasteiger partial charge in [-0.1, -0.05) is 12.1 Å². The van der Waals surface area contributed by atoms with Crippen molar-refractivity contribution >= 4 is 0 Å². The Labute approximate surface area is 60.7 Å². The lowest BCUT2D eigenvalue weighted by atomic mass is 10.1. The first-order chi connectivity index (χ1) is 4.63. The summed E-state index contributed by atoms with van der Waals surface area (Å²) in [7, 11) is 0. The van der Waals surface area contributed by atoms with Gasteiger partial charge in [-0.25, -0.2) is 4.39 Å². The van der Waals surface area contributed by atoms with E-state index in [1.54, 1.807) is 19.9 Å². The van der Waals surface area contributed by atoms with Crippen LogP contribution in [0.1, 0.15) is 16.7 Å². The molecule has 10 heavy (non-hydrogen) atoms. The van der Waals surface area contributed by atoms with E-state index in [1.165, 1.54) is 0 Å². The summed E-state index contributed by atoms with van der Waals surface area (Å²) in [5.74, 6) is -0.0694. The molecule has 1 rings (SSSR count). The van der Waals surface area contributed by atoms with E-state index < -0.39 is 0 Å². The fraction of sp³-hybridized carbons (Fsp3) is 0.333. The number of benzene rings is 1. The molecular formula is C9H11F. The van der Waals surface area contributed by atoms with Crippen molar-refractivity contribution in [3.05, 3.63) is 34.6 Å². The largest absolute Gasteiger partial charge is 0.206 e. The molecule has 0 nitrogen and oxygen atoms in total. The fourth-order valence-electron chi connectivity index (χ4n) is 0.917. The number of halogens is 1. The zero-order chi connectivity index (χ0) is 7.72. The van der Waals surface area contributed by atoms with Crippen molar-refractivity contribution in [2.45, 2.75) is 20.8 Å². The van der Waals surface area contributed by atoms with Crippen LogP contribution in [0.4, 0.5) is 4.39 Å². The van der Waals surface area contributed by atoms with Crippen LogP contribution in [-0.2, 0) is 0 Å². The van der Waals surface area contributed by atoms with Crippen LogP contribution in [0, 0.1) is 26.6 Å². The summed E-state index contributed by atoms with van der Waals surface area (Å²) in [6.07, 6.45) is 0.